The second-order valence-electron chi connectivity index (χ2n) is 13.1. The van der Waals surface area contributed by atoms with Crippen molar-refractivity contribution < 1.29 is 17.9 Å². The lowest BCUT2D eigenvalue weighted by Crippen LogP contribution is -2.33. The maximum atomic E-state index is 13.0. The third-order valence-electron chi connectivity index (χ3n) is 8.28. The zero-order valence-electron chi connectivity index (χ0n) is 27.0. The van der Waals surface area contributed by atoms with E-state index in [4.69, 9.17) is 14.7 Å². The number of anilines is 2. The minimum absolute atomic E-state index is 0.309. The van der Waals surface area contributed by atoms with E-state index in [1.54, 1.807) is 12.1 Å². The Morgan fingerprint density at radius 2 is 1.50 bits per heavy atom. The molecule has 46 heavy (non-hydrogen) atoms. The van der Waals surface area contributed by atoms with E-state index >= 15 is 0 Å². The van der Waals surface area contributed by atoms with Crippen LogP contribution in [0.1, 0.15) is 59.3 Å². The second-order valence-corrected chi connectivity index (χ2v) is 14.9. The maximum Gasteiger partial charge on any atom is 0.407 e. The minimum atomic E-state index is -3.56. The Kier molecular flexibility index (Phi) is 11.0. The Labute approximate surface area is 272 Å². The average molecular weight is 647 g/mol. The van der Waals surface area contributed by atoms with Crippen molar-refractivity contribution in [2.45, 2.75) is 69.8 Å². The molecule has 1 fully saturated rings. The molecular weight excluding hydrogens is 600 g/mol. The molecule has 1 amide bonds. The lowest BCUT2D eigenvalue weighted by Gasteiger charge is -2.28. The van der Waals surface area contributed by atoms with Crippen LogP contribution >= 0.6 is 0 Å². The summed E-state index contributed by atoms with van der Waals surface area (Å²) in [7, 11) is -3.56. The molecule has 3 aromatic carbocycles. The van der Waals surface area contributed by atoms with Gasteiger partial charge in [0.15, 0.2) is 0 Å². The summed E-state index contributed by atoms with van der Waals surface area (Å²) in [4.78, 5) is 21.7. The van der Waals surface area contributed by atoms with Gasteiger partial charge in [0.05, 0.1) is 10.4 Å². The smallest absolute Gasteiger partial charge is 0.407 e. The molecule has 0 unspecified atom stereocenters. The first-order valence-corrected chi connectivity index (χ1v) is 17.7. The number of carbonyl (C=O) groups excluding carboxylic acids is 1. The number of sulfonamides is 1. The number of amides is 1. The zero-order chi connectivity index (χ0) is 32.6. The Bertz CT molecular complexity index is 1730. The first-order chi connectivity index (χ1) is 22.1. The first-order valence-electron chi connectivity index (χ1n) is 16.3. The number of nitrogens with one attached hydrogen (secondary N) is 4. The molecule has 1 saturated carbocycles. The lowest BCUT2D eigenvalue weighted by atomic mass is 9.82. The summed E-state index contributed by atoms with van der Waals surface area (Å²) in [6, 6.07) is 21.0. The molecule has 0 saturated heterocycles. The molecule has 4 N–H and O–H groups in total. The quantitative estimate of drug-likeness (QED) is 0.118. The molecular formula is C35H46N6O4S. The predicted molar refractivity (Wildman–Crippen MR) is 185 cm³/mol. The van der Waals surface area contributed by atoms with Gasteiger partial charge in [-0.3, -0.25) is 0 Å². The Morgan fingerprint density at radius 3 is 2.26 bits per heavy atom. The van der Waals surface area contributed by atoms with Crippen LogP contribution in [-0.4, -0.2) is 56.3 Å². The number of ether oxygens (including phenoxy) is 1. The Hall–Kier alpha value is -3.96. The second kappa shape index (κ2) is 15.1. The van der Waals surface area contributed by atoms with Crippen LogP contribution < -0.4 is 20.7 Å². The lowest BCUT2D eigenvalue weighted by molar-refractivity contribution is 0.0527. The monoisotopic (exact) mass is 646 g/mol. The number of hydrogen-bond acceptors (Lipinski definition) is 8. The highest BCUT2D eigenvalue weighted by atomic mass is 32.2. The number of unbranched alkanes of at least 4 members (excludes halogenated alkanes) is 1. The third-order valence-corrected chi connectivity index (χ3v) is 9.70. The van der Waals surface area contributed by atoms with Crippen molar-refractivity contribution in [2.75, 3.05) is 36.8 Å². The fourth-order valence-corrected chi connectivity index (χ4v) is 6.92. The van der Waals surface area contributed by atoms with Crippen molar-refractivity contribution in [3.63, 3.8) is 0 Å². The first kappa shape index (κ1) is 33.4. The Balaban J connectivity index is 1.06. The highest BCUT2D eigenvalue weighted by molar-refractivity contribution is 7.89. The van der Waals surface area contributed by atoms with Crippen LogP contribution in [-0.2, 0) is 14.8 Å². The number of fused-ring (bicyclic) bond motifs is 2. The highest BCUT2D eigenvalue weighted by Crippen LogP contribution is 2.30. The molecule has 0 spiro atoms. The van der Waals surface area contributed by atoms with E-state index in [9.17, 15) is 13.2 Å². The number of nitrogens with zero attached hydrogens (tertiary/aromatic N) is 2. The number of para-hydroxylation sites is 1. The van der Waals surface area contributed by atoms with Crippen molar-refractivity contribution in [2.24, 2.45) is 11.8 Å². The Morgan fingerprint density at radius 1 is 0.826 bits per heavy atom. The van der Waals surface area contributed by atoms with E-state index in [0.29, 0.717) is 42.3 Å². The fraction of sp³-hybridized carbons (Fsp3) is 0.457. The van der Waals surface area contributed by atoms with Crippen molar-refractivity contribution in [3.8, 4) is 0 Å². The minimum Gasteiger partial charge on any atom is -0.444 e. The van der Waals surface area contributed by atoms with Crippen molar-refractivity contribution in [1.29, 1.82) is 0 Å². The average Bonchev–Trinajstić information content (AvgIpc) is 3.03. The van der Waals surface area contributed by atoms with E-state index < -0.39 is 21.7 Å². The van der Waals surface area contributed by atoms with Gasteiger partial charge in [0.1, 0.15) is 11.4 Å². The van der Waals surface area contributed by atoms with E-state index in [1.165, 1.54) is 0 Å². The van der Waals surface area contributed by atoms with Gasteiger partial charge in [-0.1, -0.05) is 42.5 Å². The standard InChI is InChI=1S/C35H46N6O4S/c1-35(2,3)45-34(42)37-21-9-8-20-36-32-30-12-6-7-13-31(30)40-33(41-32)38-23-25-14-16-26(17-15-25)24-39-46(43,44)29-19-18-27-10-4-5-11-28(27)22-29/h4-7,10-13,18-19,22,25-26,39H,8-9,14-17,20-21,23-24H2,1-3H3,(H,37,42)(H2,36,38,40,41)/t25-,26-. The summed E-state index contributed by atoms with van der Waals surface area (Å²) >= 11 is 0. The van der Waals surface area contributed by atoms with Gasteiger partial charge in [-0.15, -0.1) is 0 Å². The van der Waals surface area contributed by atoms with Crippen LogP contribution in [0, 0.1) is 11.8 Å². The molecule has 4 aromatic rings. The van der Waals surface area contributed by atoms with Crippen LogP contribution in [0.15, 0.2) is 71.6 Å². The molecule has 1 aromatic heterocycles. The predicted octanol–water partition coefficient (Wildman–Crippen LogP) is 6.70. The number of carbonyl (C=O) groups is 1. The van der Waals surface area contributed by atoms with Gasteiger partial charge in [0, 0.05) is 31.6 Å². The molecule has 1 heterocycles. The third kappa shape index (κ3) is 9.53. The number of hydrogen-bond donors (Lipinski definition) is 4. The molecule has 11 heteroatoms. The van der Waals surface area contributed by atoms with E-state index in [2.05, 4.69) is 20.7 Å². The number of benzene rings is 3. The fourth-order valence-electron chi connectivity index (χ4n) is 5.77. The van der Waals surface area contributed by atoms with Gasteiger partial charge in [0.2, 0.25) is 16.0 Å². The molecule has 0 radical (unpaired) electrons. The van der Waals surface area contributed by atoms with Crippen molar-refractivity contribution in [1.82, 2.24) is 20.0 Å². The van der Waals surface area contributed by atoms with E-state index in [-0.39, 0.29) is 0 Å². The van der Waals surface area contributed by atoms with Gasteiger partial charge in [-0.2, -0.15) is 4.98 Å². The van der Waals surface area contributed by atoms with E-state index in [0.717, 1.165) is 72.6 Å². The largest absolute Gasteiger partial charge is 0.444 e. The number of rotatable bonds is 13. The van der Waals surface area contributed by atoms with Crippen LogP contribution in [0.25, 0.3) is 21.7 Å². The van der Waals surface area contributed by atoms with Gasteiger partial charge >= 0.3 is 6.09 Å². The number of alkyl carbamates (subject to hydrolysis) is 1. The molecule has 5 rings (SSSR count). The summed E-state index contributed by atoms with van der Waals surface area (Å²) < 4.78 is 34.1. The van der Waals surface area contributed by atoms with Crippen LogP contribution in [0.5, 0.6) is 0 Å². The summed E-state index contributed by atoms with van der Waals surface area (Å²) in [5.74, 6) is 2.17. The summed E-state index contributed by atoms with van der Waals surface area (Å²) in [6.45, 7) is 8.03. The maximum absolute atomic E-state index is 13.0. The summed E-state index contributed by atoms with van der Waals surface area (Å²) in [5.41, 5.74) is 0.365. The molecule has 1 aliphatic carbocycles. The molecule has 0 aliphatic heterocycles. The van der Waals surface area contributed by atoms with Crippen LogP contribution in [0.3, 0.4) is 0 Å². The normalized spacial score (nSPS) is 17.1. The van der Waals surface area contributed by atoms with E-state index in [1.807, 2.05) is 75.4 Å². The SMILES string of the molecule is CC(C)(C)OC(=O)NCCCCNc1nc(NC[C@H]2CC[C@H](CNS(=O)(=O)c3ccc4ccccc4c3)CC2)nc2ccccc12. The van der Waals surface area contributed by atoms with Crippen LogP contribution in [0.4, 0.5) is 16.6 Å². The summed E-state index contributed by atoms with van der Waals surface area (Å²) in [5, 5.41) is 12.6. The summed E-state index contributed by atoms with van der Waals surface area (Å²) in [6.07, 6.45) is 5.26. The van der Waals surface area contributed by atoms with Gasteiger partial charge in [-0.25, -0.2) is 22.9 Å². The topological polar surface area (TPSA) is 134 Å². The van der Waals surface area contributed by atoms with Gasteiger partial charge in [0.25, 0.3) is 0 Å². The molecule has 0 atom stereocenters. The van der Waals surface area contributed by atoms with Gasteiger partial charge < -0.3 is 20.7 Å². The number of aromatic nitrogens is 2. The highest BCUT2D eigenvalue weighted by Gasteiger charge is 2.24. The molecule has 246 valence electrons. The molecule has 0 bridgehead atoms. The van der Waals surface area contributed by atoms with Crippen molar-refractivity contribution >= 4 is 49.6 Å². The van der Waals surface area contributed by atoms with Crippen LogP contribution in [0.2, 0.25) is 0 Å². The zero-order valence-corrected chi connectivity index (χ0v) is 27.8. The van der Waals surface area contributed by atoms with Gasteiger partial charge in [-0.05, 0) is 106 Å². The molecule has 10 nitrogen and oxygen atoms in total. The van der Waals surface area contributed by atoms with Crippen molar-refractivity contribution in [3.05, 3.63) is 66.7 Å². The molecule has 1 aliphatic rings.